The summed E-state index contributed by atoms with van der Waals surface area (Å²) in [6, 6.07) is 4.33. The van der Waals surface area contributed by atoms with Gasteiger partial charge in [0, 0.05) is 0 Å². The molecule has 1 aromatic carbocycles. The molecular weight excluding hydrogens is 255 g/mol. The van der Waals surface area contributed by atoms with Crippen LogP contribution in [0.3, 0.4) is 0 Å². The largest absolute Gasteiger partial charge is 0.317 e. The summed E-state index contributed by atoms with van der Waals surface area (Å²) in [6.45, 7) is 5.17. The fraction of sp³-hybridized carbons (Fsp3) is 0.500. The second-order valence-corrected chi connectivity index (χ2v) is 5.95. The number of benzene rings is 1. The molecule has 0 unspecified atom stereocenters. The van der Waals surface area contributed by atoms with Gasteiger partial charge in [-0.25, -0.2) is 12.8 Å². The number of aryl methyl sites for hydroxylation is 1. The molecule has 0 spiro atoms. The van der Waals surface area contributed by atoms with Gasteiger partial charge < -0.3 is 5.32 Å². The lowest BCUT2D eigenvalue weighted by molar-refractivity contribution is 0.593. The molecule has 2 N–H and O–H groups in total. The molecule has 0 heterocycles. The molecule has 1 aromatic rings. The van der Waals surface area contributed by atoms with Crippen LogP contribution in [0, 0.1) is 12.7 Å². The summed E-state index contributed by atoms with van der Waals surface area (Å²) in [5, 5.41) is 3.04. The first kappa shape index (κ1) is 14.9. The van der Waals surface area contributed by atoms with E-state index in [4.69, 9.17) is 0 Å². The van der Waals surface area contributed by atoms with Gasteiger partial charge in [0.15, 0.2) is 0 Å². The monoisotopic (exact) mass is 274 g/mol. The molecule has 0 aliphatic rings. The van der Waals surface area contributed by atoms with Crippen LogP contribution in [0.2, 0.25) is 0 Å². The summed E-state index contributed by atoms with van der Waals surface area (Å²) < 4.78 is 39.1. The Bertz CT molecular complexity index is 489. The normalized spacial score (nSPS) is 11.5. The van der Waals surface area contributed by atoms with Gasteiger partial charge in [-0.2, -0.15) is 0 Å². The number of hydrogen-bond donors (Lipinski definition) is 2. The van der Waals surface area contributed by atoms with Crippen LogP contribution >= 0.6 is 0 Å². The molecule has 0 atom stereocenters. The summed E-state index contributed by atoms with van der Waals surface area (Å²) in [7, 11) is -3.48. The zero-order valence-corrected chi connectivity index (χ0v) is 11.5. The van der Waals surface area contributed by atoms with Gasteiger partial charge in [0.05, 0.1) is 11.4 Å². The molecule has 0 radical (unpaired) electrons. The van der Waals surface area contributed by atoms with Crippen molar-refractivity contribution in [3.63, 3.8) is 0 Å². The van der Waals surface area contributed by atoms with Crippen LogP contribution in [0.1, 0.15) is 18.9 Å². The summed E-state index contributed by atoms with van der Waals surface area (Å²) in [4.78, 5) is 0. The summed E-state index contributed by atoms with van der Waals surface area (Å²) in [5.74, 6) is -0.580. The number of hydrogen-bond acceptors (Lipinski definition) is 3. The molecule has 1 rings (SSSR count). The fourth-order valence-corrected chi connectivity index (χ4v) is 2.62. The number of anilines is 1. The molecular formula is C12H19FN2O2S. The van der Waals surface area contributed by atoms with Crippen LogP contribution < -0.4 is 10.0 Å². The van der Waals surface area contributed by atoms with Crippen LogP contribution in [0.25, 0.3) is 0 Å². The average molecular weight is 274 g/mol. The standard InChI is InChI=1S/C12H19FN2O2S/c1-3-14-7-4-8-18(16,17)15-12-9-10(2)5-6-11(12)13/h5-6,9,14-15H,3-4,7-8H2,1-2H3. The van der Waals surface area contributed by atoms with E-state index in [0.717, 1.165) is 12.1 Å². The highest BCUT2D eigenvalue weighted by atomic mass is 32.2. The maximum Gasteiger partial charge on any atom is 0.232 e. The molecule has 0 saturated heterocycles. The van der Waals surface area contributed by atoms with Crippen molar-refractivity contribution in [1.29, 1.82) is 0 Å². The predicted molar refractivity (Wildman–Crippen MR) is 71.7 cm³/mol. The molecule has 0 aliphatic heterocycles. The molecule has 0 bridgehead atoms. The van der Waals surface area contributed by atoms with E-state index < -0.39 is 15.8 Å². The minimum Gasteiger partial charge on any atom is -0.317 e. The molecule has 6 heteroatoms. The van der Waals surface area contributed by atoms with E-state index in [2.05, 4.69) is 10.0 Å². The van der Waals surface area contributed by atoms with Gasteiger partial charge in [0.25, 0.3) is 0 Å². The number of rotatable bonds is 7. The summed E-state index contributed by atoms with van der Waals surface area (Å²) >= 11 is 0. The van der Waals surface area contributed by atoms with Crippen LogP contribution in [0.5, 0.6) is 0 Å². The van der Waals surface area contributed by atoms with Crippen LogP contribution in [0.15, 0.2) is 18.2 Å². The Labute approximate surface area is 108 Å². The second-order valence-electron chi connectivity index (χ2n) is 4.11. The van der Waals surface area contributed by atoms with E-state index in [-0.39, 0.29) is 11.4 Å². The third kappa shape index (κ3) is 5.01. The Morgan fingerprint density at radius 2 is 2.06 bits per heavy atom. The van der Waals surface area contributed by atoms with Crippen molar-refractivity contribution in [2.75, 3.05) is 23.6 Å². The molecule has 102 valence electrons. The van der Waals surface area contributed by atoms with Gasteiger partial charge in [-0.3, -0.25) is 4.72 Å². The van der Waals surface area contributed by atoms with E-state index in [1.54, 1.807) is 13.0 Å². The molecule has 0 aliphatic carbocycles. The van der Waals surface area contributed by atoms with E-state index in [9.17, 15) is 12.8 Å². The third-order valence-electron chi connectivity index (χ3n) is 2.40. The average Bonchev–Trinajstić information content (AvgIpc) is 2.29. The van der Waals surface area contributed by atoms with Crippen molar-refractivity contribution in [2.24, 2.45) is 0 Å². The van der Waals surface area contributed by atoms with Crippen molar-refractivity contribution in [1.82, 2.24) is 5.32 Å². The fourth-order valence-electron chi connectivity index (χ4n) is 1.50. The van der Waals surface area contributed by atoms with E-state index >= 15 is 0 Å². The van der Waals surface area contributed by atoms with E-state index in [1.165, 1.54) is 12.1 Å². The highest BCUT2D eigenvalue weighted by molar-refractivity contribution is 7.92. The molecule has 0 aromatic heterocycles. The van der Waals surface area contributed by atoms with Crippen molar-refractivity contribution >= 4 is 15.7 Å². The lowest BCUT2D eigenvalue weighted by Crippen LogP contribution is -2.22. The Balaban J connectivity index is 2.62. The predicted octanol–water partition coefficient (Wildman–Crippen LogP) is 1.88. The first-order valence-electron chi connectivity index (χ1n) is 5.92. The Morgan fingerprint density at radius 1 is 1.33 bits per heavy atom. The maximum absolute atomic E-state index is 13.4. The lowest BCUT2D eigenvalue weighted by Gasteiger charge is -2.09. The van der Waals surface area contributed by atoms with Crippen LogP contribution in [0.4, 0.5) is 10.1 Å². The van der Waals surface area contributed by atoms with Gasteiger partial charge in [0.2, 0.25) is 10.0 Å². The third-order valence-corrected chi connectivity index (χ3v) is 3.76. The Morgan fingerprint density at radius 3 is 2.72 bits per heavy atom. The quantitative estimate of drug-likeness (QED) is 0.746. The first-order valence-corrected chi connectivity index (χ1v) is 7.57. The topological polar surface area (TPSA) is 58.2 Å². The molecule has 18 heavy (non-hydrogen) atoms. The highest BCUT2D eigenvalue weighted by Gasteiger charge is 2.12. The number of sulfonamides is 1. The van der Waals surface area contributed by atoms with Gasteiger partial charge in [-0.1, -0.05) is 13.0 Å². The van der Waals surface area contributed by atoms with Crippen molar-refractivity contribution in [3.05, 3.63) is 29.6 Å². The summed E-state index contributed by atoms with van der Waals surface area (Å²) in [5.41, 5.74) is 0.820. The number of halogens is 1. The minimum absolute atomic E-state index is 0.0125. The van der Waals surface area contributed by atoms with Crippen LogP contribution in [-0.2, 0) is 10.0 Å². The van der Waals surface area contributed by atoms with E-state index in [1.807, 2.05) is 6.92 Å². The maximum atomic E-state index is 13.4. The highest BCUT2D eigenvalue weighted by Crippen LogP contribution is 2.17. The molecule has 0 saturated carbocycles. The van der Waals surface area contributed by atoms with Gasteiger partial charge in [0.1, 0.15) is 5.82 Å². The smallest absolute Gasteiger partial charge is 0.232 e. The van der Waals surface area contributed by atoms with Crippen molar-refractivity contribution in [2.45, 2.75) is 20.3 Å². The molecule has 0 amide bonds. The van der Waals surface area contributed by atoms with Crippen molar-refractivity contribution < 1.29 is 12.8 Å². The minimum atomic E-state index is -3.48. The Kier molecular flexibility index (Phi) is 5.55. The SMILES string of the molecule is CCNCCCS(=O)(=O)Nc1cc(C)ccc1F. The zero-order valence-electron chi connectivity index (χ0n) is 10.7. The van der Waals surface area contributed by atoms with Gasteiger partial charge in [-0.05, 0) is 44.1 Å². The zero-order chi connectivity index (χ0) is 13.6. The van der Waals surface area contributed by atoms with Gasteiger partial charge in [-0.15, -0.1) is 0 Å². The lowest BCUT2D eigenvalue weighted by atomic mass is 10.2. The summed E-state index contributed by atoms with van der Waals surface area (Å²) in [6.07, 6.45) is 0.497. The Hall–Kier alpha value is -1.14. The molecule has 0 fully saturated rings. The number of nitrogens with one attached hydrogen (secondary N) is 2. The second kappa shape index (κ2) is 6.70. The van der Waals surface area contributed by atoms with E-state index in [0.29, 0.717) is 13.0 Å². The van der Waals surface area contributed by atoms with Gasteiger partial charge >= 0.3 is 0 Å². The molecule has 4 nitrogen and oxygen atoms in total. The van der Waals surface area contributed by atoms with Crippen LogP contribution in [-0.4, -0.2) is 27.3 Å². The van der Waals surface area contributed by atoms with Crippen molar-refractivity contribution in [3.8, 4) is 0 Å². The first-order chi connectivity index (χ1) is 8.44.